The standard InChI is InChI=1S/C19H18N4O4S/c1-12(17(24)21-19(26)20-2)27-18(25)15-11-14(16-9-6-10-28-16)22-23(15)13-7-4-3-5-8-13/h3-12H,1-2H3,(H2,20,21,24,26). The van der Waals surface area contributed by atoms with Crippen LogP contribution >= 0.6 is 11.3 Å². The number of hydrogen-bond donors (Lipinski definition) is 2. The molecule has 0 saturated carbocycles. The molecule has 0 spiro atoms. The number of amides is 3. The molecule has 2 aromatic heterocycles. The summed E-state index contributed by atoms with van der Waals surface area (Å²) in [7, 11) is 1.38. The van der Waals surface area contributed by atoms with E-state index in [0.717, 1.165) is 4.88 Å². The maximum atomic E-state index is 12.7. The van der Waals surface area contributed by atoms with Crippen molar-refractivity contribution in [3.8, 4) is 16.3 Å². The molecule has 144 valence electrons. The highest BCUT2D eigenvalue weighted by molar-refractivity contribution is 7.13. The maximum absolute atomic E-state index is 12.7. The van der Waals surface area contributed by atoms with Crippen LogP contribution in [0.2, 0.25) is 0 Å². The van der Waals surface area contributed by atoms with Gasteiger partial charge in [-0.05, 0) is 30.5 Å². The molecule has 9 heteroatoms. The molecule has 8 nitrogen and oxygen atoms in total. The lowest BCUT2D eigenvalue weighted by atomic mass is 10.3. The summed E-state index contributed by atoms with van der Waals surface area (Å²) in [6.45, 7) is 1.39. The van der Waals surface area contributed by atoms with Crippen LogP contribution in [-0.4, -0.2) is 40.8 Å². The van der Waals surface area contributed by atoms with Gasteiger partial charge in [0.05, 0.1) is 10.6 Å². The van der Waals surface area contributed by atoms with Gasteiger partial charge in [-0.3, -0.25) is 10.1 Å². The number of benzene rings is 1. The monoisotopic (exact) mass is 398 g/mol. The van der Waals surface area contributed by atoms with Crippen molar-refractivity contribution in [1.82, 2.24) is 20.4 Å². The summed E-state index contributed by atoms with van der Waals surface area (Å²) in [5.74, 6) is -1.45. The van der Waals surface area contributed by atoms with E-state index in [0.29, 0.717) is 11.4 Å². The summed E-state index contributed by atoms with van der Waals surface area (Å²) in [5.41, 5.74) is 1.47. The Balaban J connectivity index is 1.88. The zero-order valence-electron chi connectivity index (χ0n) is 15.2. The third kappa shape index (κ3) is 4.26. The van der Waals surface area contributed by atoms with Gasteiger partial charge in [-0.1, -0.05) is 24.3 Å². The Kier molecular flexibility index (Phi) is 5.85. The van der Waals surface area contributed by atoms with Crippen molar-refractivity contribution in [2.75, 3.05) is 7.05 Å². The fourth-order valence-corrected chi connectivity index (χ4v) is 3.07. The number of nitrogens with zero attached hydrogens (tertiary/aromatic N) is 2. The summed E-state index contributed by atoms with van der Waals surface area (Å²) in [4.78, 5) is 36.8. The molecule has 0 aliphatic rings. The van der Waals surface area contributed by atoms with Crippen LogP contribution in [0.4, 0.5) is 4.79 Å². The first-order valence-electron chi connectivity index (χ1n) is 8.42. The number of carbonyl (C=O) groups excluding carboxylic acids is 3. The number of ether oxygens (including phenoxy) is 1. The Hall–Kier alpha value is -3.46. The number of aromatic nitrogens is 2. The van der Waals surface area contributed by atoms with Gasteiger partial charge in [-0.15, -0.1) is 11.3 Å². The van der Waals surface area contributed by atoms with E-state index >= 15 is 0 Å². The third-order valence-electron chi connectivity index (χ3n) is 3.81. The number of imide groups is 1. The average molecular weight is 398 g/mol. The fraction of sp³-hybridized carbons (Fsp3) is 0.158. The predicted molar refractivity (Wildman–Crippen MR) is 104 cm³/mol. The molecule has 0 fully saturated rings. The minimum Gasteiger partial charge on any atom is -0.448 e. The molecule has 1 aromatic carbocycles. The van der Waals surface area contributed by atoms with E-state index in [2.05, 4.69) is 15.7 Å². The number of thiophene rings is 1. The van der Waals surface area contributed by atoms with Crippen LogP contribution < -0.4 is 10.6 Å². The van der Waals surface area contributed by atoms with Crippen LogP contribution in [0, 0.1) is 0 Å². The number of urea groups is 1. The Bertz CT molecular complexity index is 983. The SMILES string of the molecule is CNC(=O)NC(=O)C(C)OC(=O)c1cc(-c2cccs2)nn1-c1ccccc1. The topological polar surface area (TPSA) is 102 Å². The second-order valence-corrected chi connectivity index (χ2v) is 6.70. The van der Waals surface area contributed by atoms with Gasteiger partial charge in [0.15, 0.2) is 11.8 Å². The van der Waals surface area contributed by atoms with Crippen LogP contribution in [0.25, 0.3) is 16.3 Å². The molecule has 3 aromatic rings. The van der Waals surface area contributed by atoms with Crippen LogP contribution in [0.3, 0.4) is 0 Å². The smallest absolute Gasteiger partial charge is 0.357 e. The second-order valence-electron chi connectivity index (χ2n) is 5.76. The highest BCUT2D eigenvalue weighted by Crippen LogP contribution is 2.26. The molecule has 3 rings (SSSR count). The first-order chi connectivity index (χ1) is 13.5. The second kappa shape index (κ2) is 8.49. The molecule has 1 unspecified atom stereocenters. The molecular weight excluding hydrogens is 380 g/mol. The zero-order valence-corrected chi connectivity index (χ0v) is 16.0. The number of nitrogens with one attached hydrogen (secondary N) is 2. The van der Waals surface area contributed by atoms with E-state index in [1.165, 1.54) is 30.0 Å². The molecule has 0 radical (unpaired) electrons. The molecule has 2 heterocycles. The molecular formula is C19H18N4O4S. The van der Waals surface area contributed by atoms with E-state index < -0.39 is 24.0 Å². The van der Waals surface area contributed by atoms with Gasteiger partial charge in [0, 0.05) is 13.1 Å². The van der Waals surface area contributed by atoms with E-state index in [9.17, 15) is 14.4 Å². The van der Waals surface area contributed by atoms with E-state index in [1.807, 2.05) is 47.8 Å². The molecule has 2 N–H and O–H groups in total. The van der Waals surface area contributed by atoms with Gasteiger partial charge in [0.25, 0.3) is 5.91 Å². The van der Waals surface area contributed by atoms with Crippen molar-refractivity contribution < 1.29 is 19.1 Å². The Morgan fingerprint density at radius 3 is 2.54 bits per heavy atom. The number of rotatable bonds is 5. The number of esters is 1. The van der Waals surface area contributed by atoms with Crippen molar-refractivity contribution in [3.05, 3.63) is 59.6 Å². The highest BCUT2D eigenvalue weighted by atomic mass is 32.1. The molecule has 0 aliphatic carbocycles. The zero-order chi connectivity index (χ0) is 20.1. The lowest BCUT2D eigenvalue weighted by Gasteiger charge is -2.13. The van der Waals surface area contributed by atoms with Crippen molar-refractivity contribution in [1.29, 1.82) is 0 Å². The molecule has 3 amide bonds. The van der Waals surface area contributed by atoms with Gasteiger partial charge in [-0.25, -0.2) is 14.3 Å². The van der Waals surface area contributed by atoms with Crippen molar-refractivity contribution >= 4 is 29.2 Å². The summed E-state index contributed by atoms with van der Waals surface area (Å²) < 4.78 is 6.72. The first kappa shape index (κ1) is 19.3. The molecule has 0 bridgehead atoms. The van der Waals surface area contributed by atoms with Crippen molar-refractivity contribution in [3.63, 3.8) is 0 Å². The van der Waals surface area contributed by atoms with Crippen molar-refractivity contribution in [2.24, 2.45) is 0 Å². The summed E-state index contributed by atoms with van der Waals surface area (Å²) >= 11 is 1.50. The average Bonchev–Trinajstić information content (AvgIpc) is 3.38. The van der Waals surface area contributed by atoms with Gasteiger partial charge in [-0.2, -0.15) is 5.10 Å². The van der Waals surface area contributed by atoms with E-state index in [-0.39, 0.29) is 5.69 Å². The molecule has 0 saturated heterocycles. The van der Waals surface area contributed by atoms with Gasteiger partial charge in [0.2, 0.25) is 0 Å². The van der Waals surface area contributed by atoms with E-state index in [1.54, 1.807) is 6.07 Å². The summed E-state index contributed by atoms with van der Waals surface area (Å²) in [5, 5.41) is 10.8. The maximum Gasteiger partial charge on any atom is 0.357 e. The van der Waals surface area contributed by atoms with Crippen LogP contribution in [0.1, 0.15) is 17.4 Å². The molecule has 0 aliphatic heterocycles. The summed E-state index contributed by atoms with van der Waals surface area (Å²) in [6.07, 6.45) is -1.16. The fourth-order valence-electron chi connectivity index (χ4n) is 2.39. The molecule has 28 heavy (non-hydrogen) atoms. The van der Waals surface area contributed by atoms with E-state index in [4.69, 9.17) is 4.74 Å². The minimum atomic E-state index is -1.16. The number of para-hydroxylation sites is 1. The van der Waals surface area contributed by atoms with Gasteiger partial charge < -0.3 is 10.1 Å². The Labute approximate surface area is 165 Å². The third-order valence-corrected chi connectivity index (χ3v) is 4.70. The summed E-state index contributed by atoms with van der Waals surface area (Å²) in [6, 6.07) is 13.9. The normalized spacial score (nSPS) is 11.5. The molecule has 1 atom stereocenters. The van der Waals surface area contributed by atoms with Crippen molar-refractivity contribution in [2.45, 2.75) is 13.0 Å². The highest BCUT2D eigenvalue weighted by Gasteiger charge is 2.24. The largest absolute Gasteiger partial charge is 0.448 e. The lowest BCUT2D eigenvalue weighted by Crippen LogP contribution is -2.43. The Morgan fingerprint density at radius 2 is 1.89 bits per heavy atom. The predicted octanol–water partition coefficient (Wildman–Crippen LogP) is 2.60. The van der Waals surface area contributed by atoms with Gasteiger partial charge >= 0.3 is 12.0 Å². The van der Waals surface area contributed by atoms with Crippen LogP contribution in [0.15, 0.2) is 53.9 Å². The van der Waals surface area contributed by atoms with Crippen LogP contribution in [-0.2, 0) is 9.53 Å². The van der Waals surface area contributed by atoms with Gasteiger partial charge in [0.1, 0.15) is 5.69 Å². The first-order valence-corrected chi connectivity index (χ1v) is 9.30. The minimum absolute atomic E-state index is 0.175. The lowest BCUT2D eigenvalue weighted by molar-refractivity contribution is -0.127. The Morgan fingerprint density at radius 1 is 1.14 bits per heavy atom. The van der Waals surface area contributed by atoms with Crippen LogP contribution in [0.5, 0.6) is 0 Å². The number of carbonyl (C=O) groups is 3. The quantitative estimate of drug-likeness (QED) is 0.643. The number of hydrogen-bond acceptors (Lipinski definition) is 6.